The Morgan fingerprint density at radius 1 is 1.45 bits per heavy atom. The maximum absolute atomic E-state index is 10.5. The Hall–Kier alpha value is -0.860. The fourth-order valence-electron chi connectivity index (χ4n) is 0.767. The molecule has 1 rings (SSSR count). The zero-order valence-electron chi connectivity index (χ0n) is 7.48. The number of hydrogen-bond acceptors (Lipinski definition) is 2. The van der Waals surface area contributed by atoms with Crippen LogP contribution in [-0.2, 0) is 4.79 Å². The van der Waals surface area contributed by atoms with Gasteiger partial charge in [0, 0.05) is 12.1 Å². The first kappa shape index (κ1) is 10.1. The number of carbonyl (C=O) groups is 1. The maximum atomic E-state index is 10.5. The molecule has 11 heavy (non-hydrogen) atoms. The molecule has 0 bridgehead atoms. The molecule has 0 fully saturated rings. The van der Waals surface area contributed by atoms with Crippen molar-refractivity contribution in [2.75, 3.05) is 0 Å². The lowest BCUT2D eigenvalue weighted by Gasteiger charge is -2.08. The van der Waals surface area contributed by atoms with E-state index >= 15 is 0 Å². The van der Waals surface area contributed by atoms with Crippen molar-refractivity contribution in [2.24, 2.45) is 5.10 Å². The summed E-state index contributed by atoms with van der Waals surface area (Å²) in [5.41, 5.74) is 3.52. The quantitative estimate of drug-likeness (QED) is 0.616. The first-order valence-corrected chi connectivity index (χ1v) is 4.17. The molecule has 1 aliphatic rings. The van der Waals surface area contributed by atoms with E-state index in [1.165, 1.54) is 0 Å². The monoisotopic (exact) mass is 156 g/mol. The van der Waals surface area contributed by atoms with Crippen molar-refractivity contribution in [1.82, 2.24) is 5.43 Å². The molecule has 1 N–H and O–H groups in total. The molecule has 0 aliphatic carbocycles. The van der Waals surface area contributed by atoms with E-state index in [0.717, 1.165) is 18.6 Å². The first-order chi connectivity index (χ1) is 5.33. The normalized spacial score (nSPS) is 15.9. The van der Waals surface area contributed by atoms with Gasteiger partial charge in [0.25, 0.3) is 0 Å². The van der Waals surface area contributed by atoms with Crippen molar-refractivity contribution in [3.63, 3.8) is 0 Å². The number of carbonyl (C=O) groups excluding carboxylic acids is 1. The van der Waals surface area contributed by atoms with Crippen molar-refractivity contribution in [2.45, 2.75) is 40.0 Å². The van der Waals surface area contributed by atoms with Crippen LogP contribution in [0.3, 0.4) is 0 Å². The second-order valence-electron chi connectivity index (χ2n) is 2.07. The van der Waals surface area contributed by atoms with E-state index in [1.807, 2.05) is 20.8 Å². The summed E-state index contributed by atoms with van der Waals surface area (Å²) in [4.78, 5) is 10.5. The number of hydrogen-bond donors (Lipinski definition) is 1. The van der Waals surface area contributed by atoms with Crippen LogP contribution < -0.4 is 5.43 Å². The van der Waals surface area contributed by atoms with Crippen LogP contribution in [0.5, 0.6) is 0 Å². The van der Waals surface area contributed by atoms with Gasteiger partial charge in [-0.2, -0.15) is 5.10 Å². The van der Waals surface area contributed by atoms with E-state index in [9.17, 15) is 4.79 Å². The number of nitrogens with one attached hydrogen (secondary N) is 1. The van der Waals surface area contributed by atoms with Gasteiger partial charge >= 0.3 is 0 Å². The highest BCUT2D eigenvalue weighted by atomic mass is 16.2. The summed E-state index contributed by atoms with van der Waals surface area (Å²) in [5, 5.41) is 3.85. The van der Waals surface area contributed by atoms with Crippen molar-refractivity contribution < 1.29 is 4.79 Å². The highest BCUT2D eigenvalue weighted by molar-refractivity contribution is 5.92. The molecule has 0 saturated carbocycles. The molecular weight excluding hydrogens is 140 g/mol. The molecule has 1 amide bonds. The molecule has 0 aromatic rings. The second kappa shape index (κ2) is 5.89. The van der Waals surface area contributed by atoms with Crippen molar-refractivity contribution in [3.8, 4) is 0 Å². The van der Waals surface area contributed by atoms with E-state index < -0.39 is 0 Å². The highest BCUT2D eigenvalue weighted by Crippen LogP contribution is 2.01. The van der Waals surface area contributed by atoms with Gasteiger partial charge < -0.3 is 0 Å². The molecule has 3 nitrogen and oxygen atoms in total. The second-order valence-corrected chi connectivity index (χ2v) is 2.07. The topological polar surface area (TPSA) is 41.5 Å². The minimum Gasteiger partial charge on any atom is -0.273 e. The van der Waals surface area contributed by atoms with E-state index in [-0.39, 0.29) is 5.91 Å². The third-order valence-corrected chi connectivity index (χ3v) is 1.39. The van der Waals surface area contributed by atoms with Crippen LogP contribution in [0, 0.1) is 0 Å². The lowest BCUT2D eigenvalue weighted by Crippen LogP contribution is -2.24. The Labute approximate surface area is 67.9 Å². The summed E-state index contributed by atoms with van der Waals surface area (Å²) in [6.07, 6.45) is 2.38. The van der Waals surface area contributed by atoms with Crippen LogP contribution in [-0.4, -0.2) is 11.6 Å². The summed E-state index contributed by atoms with van der Waals surface area (Å²) < 4.78 is 0. The van der Waals surface area contributed by atoms with Crippen LogP contribution in [0.15, 0.2) is 5.10 Å². The van der Waals surface area contributed by atoms with Crippen LogP contribution in [0.2, 0.25) is 0 Å². The minimum atomic E-state index is 0.0344. The average molecular weight is 156 g/mol. The zero-order valence-corrected chi connectivity index (χ0v) is 7.48. The Morgan fingerprint density at radius 3 is 2.45 bits per heavy atom. The zero-order chi connectivity index (χ0) is 8.69. The molecule has 3 heteroatoms. The SMILES string of the molecule is CC.CCC1=NNC(=O)CC1. The van der Waals surface area contributed by atoms with E-state index in [4.69, 9.17) is 0 Å². The van der Waals surface area contributed by atoms with Crippen LogP contribution in [0.4, 0.5) is 0 Å². The molecule has 0 radical (unpaired) electrons. The molecule has 0 aromatic heterocycles. The highest BCUT2D eigenvalue weighted by Gasteiger charge is 2.08. The van der Waals surface area contributed by atoms with Gasteiger partial charge in [0.1, 0.15) is 0 Å². The number of rotatable bonds is 1. The number of amides is 1. The van der Waals surface area contributed by atoms with Gasteiger partial charge in [0.05, 0.1) is 0 Å². The van der Waals surface area contributed by atoms with Gasteiger partial charge in [-0.05, 0) is 12.8 Å². The summed E-state index contributed by atoms with van der Waals surface area (Å²) in [6, 6.07) is 0. The maximum Gasteiger partial charge on any atom is 0.240 e. The first-order valence-electron chi connectivity index (χ1n) is 4.17. The summed E-state index contributed by atoms with van der Waals surface area (Å²) in [5.74, 6) is 0.0344. The Balaban J connectivity index is 0.000000461. The molecule has 0 saturated heterocycles. The van der Waals surface area contributed by atoms with Gasteiger partial charge in [-0.25, -0.2) is 5.43 Å². The average Bonchev–Trinajstić information content (AvgIpc) is 2.10. The molecular formula is C8H16N2O. The number of hydrazone groups is 1. The predicted molar refractivity (Wildman–Crippen MR) is 46.5 cm³/mol. The summed E-state index contributed by atoms with van der Waals surface area (Å²) in [6.45, 7) is 6.04. The Kier molecular flexibility index (Phi) is 5.43. The van der Waals surface area contributed by atoms with E-state index in [1.54, 1.807) is 0 Å². The molecule has 0 atom stereocenters. The fourth-order valence-corrected chi connectivity index (χ4v) is 0.767. The molecule has 0 aromatic carbocycles. The van der Waals surface area contributed by atoms with Gasteiger partial charge in [-0.15, -0.1) is 0 Å². The molecule has 64 valence electrons. The Bertz CT molecular complexity index is 152. The van der Waals surface area contributed by atoms with Crippen molar-refractivity contribution in [1.29, 1.82) is 0 Å². The minimum absolute atomic E-state index is 0.0344. The largest absolute Gasteiger partial charge is 0.273 e. The predicted octanol–water partition coefficient (Wildman–Crippen LogP) is 1.69. The molecule has 0 spiro atoms. The molecule has 0 unspecified atom stereocenters. The van der Waals surface area contributed by atoms with Crippen LogP contribution in [0.1, 0.15) is 40.0 Å². The lowest BCUT2D eigenvalue weighted by molar-refractivity contribution is -0.121. The Morgan fingerprint density at radius 2 is 2.09 bits per heavy atom. The summed E-state index contributed by atoms with van der Waals surface area (Å²) in [7, 11) is 0. The van der Waals surface area contributed by atoms with Crippen LogP contribution in [0.25, 0.3) is 0 Å². The molecule has 1 aliphatic heterocycles. The third-order valence-electron chi connectivity index (χ3n) is 1.39. The van der Waals surface area contributed by atoms with Gasteiger partial charge in [-0.1, -0.05) is 20.8 Å². The van der Waals surface area contributed by atoms with Gasteiger partial charge in [-0.3, -0.25) is 4.79 Å². The number of nitrogens with zero attached hydrogens (tertiary/aromatic N) is 1. The van der Waals surface area contributed by atoms with Gasteiger partial charge in [0.2, 0.25) is 5.91 Å². The fraction of sp³-hybridized carbons (Fsp3) is 0.750. The van der Waals surface area contributed by atoms with E-state index in [0.29, 0.717) is 6.42 Å². The van der Waals surface area contributed by atoms with Crippen molar-refractivity contribution >= 4 is 11.6 Å². The van der Waals surface area contributed by atoms with Crippen molar-refractivity contribution in [3.05, 3.63) is 0 Å². The molecule has 1 heterocycles. The standard InChI is InChI=1S/C6H10N2O.C2H6/c1-2-5-3-4-6(9)8-7-5;1-2/h2-4H2,1H3,(H,8,9);1-2H3. The lowest BCUT2D eigenvalue weighted by atomic mass is 10.1. The van der Waals surface area contributed by atoms with E-state index in [2.05, 4.69) is 10.5 Å². The van der Waals surface area contributed by atoms with Crippen LogP contribution >= 0.6 is 0 Å². The smallest absolute Gasteiger partial charge is 0.240 e. The van der Waals surface area contributed by atoms with Gasteiger partial charge in [0.15, 0.2) is 0 Å². The summed E-state index contributed by atoms with van der Waals surface area (Å²) >= 11 is 0. The third kappa shape index (κ3) is 3.75.